The smallest absolute Gasteiger partial charge is 0.332 e. The summed E-state index contributed by atoms with van der Waals surface area (Å²) >= 11 is 3.34. The number of carbonyl (C=O) groups excluding carboxylic acids is 2. The molecule has 2 rings (SSSR count). The molecule has 0 heterocycles. The van der Waals surface area contributed by atoms with Gasteiger partial charge in [-0.25, -0.2) is 4.79 Å². The van der Waals surface area contributed by atoms with Crippen molar-refractivity contribution >= 4 is 27.8 Å². The van der Waals surface area contributed by atoms with Gasteiger partial charge in [-0.05, 0) is 57.9 Å². The average molecular weight is 382 g/mol. The van der Waals surface area contributed by atoms with Gasteiger partial charge in [-0.3, -0.25) is 4.79 Å². The summed E-state index contributed by atoms with van der Waals surface area (Å²) in [4.78, 5) is 30.7. The summed E-state index contributed by atoms with van der Waals surface area (Å²) in [5, 5.41) is 1.27. The molecule has 0 radical (unpaired) electrons. The Bertz CT molecular complexity index is 557. The van der Waals surface area contributed by atoms with Gasteiger partial charge in [-0.2, -0.15) is 5.06 Å². The summed E-state index contributed by atoms with van der Waals surface area (Å²) in [6, 6.07) is 6.92. The molecule has 0 saturated heterocycles. The van der Waals surface area contributed by atoms with E-state index in [0.29, 0.717) is 5.56 Å². The molecule has 4 nitrogen and oxygen atoms in total. The fraction of sp³-hybridized carbons (Fsp3) is 0.556. The van der Waals surface area contributed by atoms with Gasteiger partial charge in [-0.15, -0.1) is 0 Å². The zero-order chi connectivity index (χ0) is 17.0. The third-order valence-electron chi connectivity index (χ3n) is 4.02. The van der Waals surface area contributed by atoms with Gasteiger partial charge in [0, 0.05) is 10.4 Å². The molecule has 1 aliphatic rings. The highest BCUT2D eigenvalue weighted by Gasteiger charge is 2.36. The van der Waals surface area contributed by atoms with Crippen molar-refractivity contribution in [2.45, 2.75) is 58.4 Å². The Morgan fingerprint density at radius 2 is 1.65 bits per heavy atom. The van der Waals surface area contributed by atoms with Crippen LogP contribution < -0.4 is 0 Å². The Balaban J connectivity index is 2.13. The van der Waals surface area contributed by atoms with Crippen molar-refractivity contribution in [3.63, 3.8) is 0 Å². The number of amides is 1. The molecule has 1 fully saturated rings. The van der Waals surface area contributed by atoms with Gasteiger partial charge >= 0.3 is 5.97 Å². The van der Waals surface area contributed by atoms with Gasteiger partial charge in [0.25, 0.3) is 5.91 Å². The van der Waals surface area contributed by atoms with E-state index in [9.17, 15) is 9.59 Å². The second kappa shape index (κ2) is 7.47. The third kappa shape index (κ3) is 4.80. The Morgan fingerprint density at radius 1 is 1.09 bits per heavy atom. The SMILES string of the molecule is CC(C)(C)N(OC(=O)c1ccc(Br)cc1)C(=O)C1CCCCC1. The number of hydroxylamine groups is 2. The summed E-state index contributed by atoms with van der Waals surface area (Å²) in [6.07, 6.45) is 5.06. The van der Waals surface area contributed by atoms with Gasteiger partial charge < -0.3 is 4.84 Å². The molecule has 0 atom stereocenters. The number of hydrogen-bond donors (Lipinski definition) is 0. The minimum atomic E-state index is -0.570. The molecule has 0 spiro atoms. The van der Waals surface area contributed by atoms with Crippen molar-refractivity contribution < 1.29 is 14.4 Å². The van der Waals surface area contributed by atoms with E-state index in [4.69, 9.17) is 4.84 Å². The monoisotopic (exact) mass is 381 g/mol. The maximum absolute atomic E-state index is 12.8. The molecule has 0 N–H and O–H groups in total. The minimum absolute atomic E-state index is 0.0410. The number of halogens is 1. The number of carbonyl (C=O) groups is 2. The molecule has 1 aromatic carbocycles. The number of benzene rings is 1. The molecule has 0 unspecified atom stereocenters. The first kappa shape index (κ1) is 18.0. The molecule has 0 aliphatic heterocycles. The number of hydrogen-bond acceptors (Lipinski definition) is 3. The van der Waals surface area contributed by atoms with Gasteiger partial charge in [0.2, 0.25) is 0 Å². The Kier molecular flexibility index (Phi) is 5.84. The second-order valence-corrected chi connectivity index (χ2v) is 7.94. The second-order valence-electron chi connectivity index (χ2n) is 7.02. The van der Waals surface area contributed by atoms with Crippen LogP contribution in [0.25, 0.3) is 0 Å². The highest BCUT2D eigenvalue weighted by atomic mass is 79.9. The Hall–Kier alpha value is -1.36. The van der Waals surface area contributed by atoms with E-state index < -0.39 is 11.5 Å². The normalized spacial score (nSPS) is 16.0. The van der Waals surface area contributed by atoms with Crippen LogP contribution in [0.2, 0.25) is 0 Å². The summed E-state index contributed by atoms with van der Waals surface area (Å²) in [5.74, 6) is -0.625. The topological polar surface area (TPSA) is 46.6 Å². The third-order valence-corrected chi connectivity index (χ3v) is 4.55. The van der Waals surface area contributed by atoms with E-state index in [2.05, 4.69) is 15.9 Å². The quantitative estimate of drug-likeness (QED) is 0.695. The summed E-state index contributed by atoms with van der Waals surface area (Å²) in [7, 11) is 0. The van der Waals surface area contributed by atoms with Gasteiger partial charge in [0.15, 0.2) is 0 Å². The maximum atomic E-state index is 12.8. The van der Waals surface area contributed by atoms with Crippen molar-refractivity contribution in [1.82, 2.24) is 5.06 Å². The van der Waals surface area contributed by atoms with Crippen LogP contribution in [0.3, 0.4) is 0 Å². The van der Waals surface area contributed by atoms with Crippen molar-refractivity contribution in [1.29, 1.82) is 0 Å². The molecule has 0 aromatic heterocycles. The molecule has 1 amide bonds. The van der Waals surface area contributed by atoms with Crippen LogP contribution in [0, 0.1) is 5.92 Å². The van der Waals surface area contributed by atoms with Crippen LogP contribution in [0.5, 0.6) is 0 Å². The summed E-state index contributed by atoms with van der Waals surface area (Å²) in [5.41, 5.74) is -0.140. The van der Waals surface area contributed by atoms with E-state index in [1.807, 2.05) is 20.8 Å². The molecule has 23 heavy (non-hydrogen) atoms. The molecule has 1 aliphatic carbocycles. The first-order chi connectivity index (χ1) is 10.8. The first-order valence-electron chi connectivity index (χ1n) is 8.11. The van der Waals surface area contributed by atoms with Crippen LogP contribution in [0.1, 0.15) is 63.2 Å². The first-order valence-corrected chi connectivity index (χ1v) is 8.90. The van der Waals surface area contributed by atoms with E-state index >= 15 is 0 Å². The molecule has 1 saturated carbocycles. The van der Waals surface area contributed by atoms with E-state index in [1.165, 1.54) is 11.5 Å². The lowest BCUT2D eigenvalue weighted by Crippen LogP contribution is -2.49. The Morgan fingerprint density at radius 3 is 2.17 bits per heavy atom. The van der Waals surface area contributed by atoms with Gasteiger partial charge in [-0.1, -0.05) is 35.2 Å². The van der Waals surface area contributed by atoms with E-state index in [1.54, 1.807) is 24.3 Å². The predicted molar refractivity (Wildman–Crippen MR) is 92.7 cm³/mol. The fourth-order valence-corrected chi connectivity index (χ4v) is 3.01. The van der Waals surface area contributed by atoms with Crippen LogP contribution in [0.15, 0.2) is 28.7 Å². The maximum Gasteiger partial charge on any atom is 0.363 e. The lowest BCUT2D eigenvalue weighted by Gasteiger charge is -2.36. The fourth-order valence-electron chi connectivity index (χ4n) is 2.75. The predicted octanol–water partition coefficient (Wildman–Crippen LogP) is 4.73. The highest BCUT2D eigenvalue weighted by molar-refractivity contribution is 9.10. The van der Waals surface area contributed by atoms with Crippen molar-refractivity contribution in [2.24, 2.45) is 5.92 Å². The summed E-state index contributed by atoms with van der Waals surface area (Å²) < 4.78 is 0.889. The number of rotatable bonds is 2. The van der Waals surface area contributed by atoms with Crippen LogP contribution in [-0.2, 0) is 9.63 Å². The molecule has 5 heteroatoms. The minimum Gasteiger partial charge on any atom is -0.332 e. The lowest BCUT2D eigenvalue weighted by molar-refractivity contribution is -0.194. The average Bonchev–Trinajstić information content (AvgIpc) is 2.52. The Labute approximate surface area is 146 Å². The van der Waals surface area contributed by atoms with Crippen molar-refractivity contribution in [3.8, 4) is 0 Å². The zero-order valence-electron chi connectivity index (χ0n) is 14.0. The highest BCUT2D eigenvalue weighted by Crippen LogP contribution is 2.28. The van der Waals surface area contributed by atoms with Gasteiger partial charge in [0.1, 0.15) is 0 Å². The van der Waals surface area contributed by atoms with Crippen LogP contribution in [0.4, 0.5) is 0 Å². The molecular weight excluding hydrogens is 358 g/mol. The van der Waals surface area contributed by atoms with Crippen molar-refractivity contribution in [2.75, 3.05) is 0 Å². The number of nitrogens with zero attached hydrogens (tertiary/aromatic N) is 1. The molecule has 1 aromatic rings. The van der Waals surface area contributed by atoms with E-state index in [-0.39, 0.29) is 11.8 Å². The van der Waals surface area contributed by atoms with Crippen LogP contribution >= 0.6 is 15.9 Å². The van der Waals surface area contributed by atoms with Crippen molar-refractivity contribution in [3.05, 3.63) is 34.3 Å². The van der Waals surface area contributed by atoms with Crippen LogP contribution in [-0.4, -0.2) is 22.5 Å². The lowest BCUT2D eigenvalue weighted by atomic mass is 9.88. The molecular formula is C18H24BrNO3. The van der Waals surface area contributed by atoms with Gasteiger partial charge in [0.05, 0.1) is 11.1 Å². The largest absolute Gasteiger partial charge is 0.363 e. The van der Waals surface area contributed by atoms with E-state index in [0.717, 1.165) is 30.2 Å². The standard InChI is InChI=1S/C18H24BrNO3/c1-18(2,3)20(16(21)13-7-5-4-6-8-13)23-17(22)14-9-11-15(19)12-10-14/h9-13H,4-8H2,1-3H3. The molecule has 126 valence electrons. The summed E-state index contributed by atoms with van der Waals surface area (Å²) in [6.45, 7) is 5.63. The molecule has 0 bridgehead atoms. The zero-order valence-corrected chi connectivity index (χ0v) is 15.6.